The molecule has 0 aliphatic carbocycles. The van der Waals surface area contributed by atoms with Crippen LogP contribution >= 0.6 is 34.8 Å². The molecular weight excluding hydrogens is 613 g/mol. The van der Waals surface area contributed by atoms with Crippen molar-refractivity contribution in [1.82, 2.24) is 18.7 Å². The molecule has 0 bridgehead atoms. The van der Waals surface area contributed by atoms with Gasteiger partial charge in [0.05, 0.1) is 12.1 Å². The maximum atomic E-state index is 4.51. The smallest absolute Gasteiger partial charge is 0.0898 e. The molecule has 0 saturated carbocycles. The average molecular weight is 648 g/mol. The molecule has 0 amide bonds. The molecule has 7 rings (SSSR count). The van der Waals surface area contributed by atoms with Gasteiger partial charge < -0.3 is 0 Å². The second-order valence-electron chi connectivity index (χ2n) is 10.5. The van der Waals surface area contributed by atoms with Gasteiger partial charge in [-0.15, -0.1) is 0 Å². The Hall–Kier alpha value is -3.20. The highest BCUT2D eigenvalue weighted by molar-refractivity contribution is 8.17. The standard InChI is InChI=1S/C36H34N4P3S/c1-7-19-31(20-8-1)41(32-21-9-2-10-22-32)37-42(33-23-11-3-12-24-33,34-25-13-4-14-26-34)39-44-40-43(38-41,35-27-15-5-16-28-35)36-29-17-6-18-30-36/h1-30,37-40H/q+3. The molecule has 6 aromatic rings. The number of hydrogen-bond donors (Lipinski definition) is 4. The van der Waals surface area contributed by atoms with E-state index in [4.69, 9.17) is 0 Å². The van der Waals surface area contributed by atoms with Crippen LogP contribution in [0.15, 0.2) is 182 Å². The van der Waals surface area contributed by atoms with E-state index in [9.17, 15) is 0 Å². The van der Waals surface area contributed by atoms with E-state index in [0.717, 1.165) is 0 Å². The SMILES string of the molecule is c1ccc([P+]2(c3ccccc3)NSN[P+](c3ccccc3)(c3ccccc3)N[P+](c3ccccc3)(c3ccccc3)N2)cc1. The average Bonchev–Trinajstić information content (AvgIpc) is 3.11. The summed E-state index contributed by atoms with van der Waals surface area (Å²) in [5.41, 5.74) is 0. The Morgan fingerprint density at radius 3 is 0.705 bits per heavy atom. The van der Waals surface area contributed by atoms with Crippen LogP contribution < -0.4 is 50.5 Å². The Kier molecular flexibility index (Phi) is 8.74. The molecule has 6 aromatic carbocycles. The highest BCUT2D eigenvalue weighted by atomic mass is 32.2. The normalized spacial score (nSPS) is 17.2. The summed E-state index contributed by atoms with van der Waals surface area (Å²) in [6, 6.07) is 65.5. The van der Waals surface area contributed by atoms with Crippen LogP contribution in [0, 0.1) is 0 Å². The summed E-state index contributed by atoms with van der Waals surface area (Å²) in [4.78, 5) is 9.02. The van der Waals surface area contributed by atoms with E-state index in [1.807, 2.05) is 0 Å². The molecule has 1 aliphatic rings. The van der Waals surface area contributed by atoms with Crippen LogP contribution in [0.2, 0.25) is 0 Å². The molecule has 4 N–H and O–H groups in total. The van der Waals surface area contributed by atoms with Gasteiger partial charge in [-0.1, -0.05) is 118 Å². The Morgan fingerprint density at radius 2 is 0.477 bits per heavy atom. The number of benzene rings is 6. The predicted molar refractivity (Wildman–Crippen MR) is 197 cm³/mol. The van der Waals surface area contributed by atoms with Gasteiger partial charge in [-0.2, -0.15) is 0 Å². The topological polar surface area (TPSA) is 48.1 Å². The molecule has 216 valence electrons. The third-order valence-corrected chi connectivity index (χ3v) is 22.0. The molecule has 1 heterocycles. The van der Waals surface area contributed by atoms with Gasteiger partial charge in [0, 0.05) is 0 Å². The molecule has 0 radical (unpaired) electrons. The van der Waals surface area contributed by atoms with E-state index < -0.39 is 22.7 Å². The minimum atomic E-state index is -2.61. The van der Waals surface area contributed by atoms with Gasteiger partial charge in [0.25, 0.3) is 22.7 Å². The summed E-state index contributed by atoms with van der Waals surface area (Å²) in [6.07, 6.45) is 0. The summed E-state index contributed by atoms with van der Waals surface area (Å²) in [5, 5.41) is 7.45. The first kappa shape index (κ1) is 29.5. The van der Waals surface area contributed by atoms with Crippen molar-refractivity contribution in [2.75, 3.05) is 0 Å². The van der Waals surface area contributed by atoms with Crippen molar-refractivity contribution < 1.29 is 0 Å². The Morgan fingerprint density at radius 1 is 0.273 bits per heavy atom. The zero-order valence-electron chi connectivity index (χ0n) is 24.1. The molecule has 44 heavy (non-hydrogen) atoms. The van der Waals surface area contributed by atoms with Crippen molar-refractivity contribution in [3.63, 3.8) is 0 Å². The van der Waals surface area contributed by atoms with Crippen LogP contribution in [0.4, 0.5) is 0 Å². The van der Waals surface area contributed by atoms with Crippen LogP contribution in [0.5, 0.6) is 0 Å². The van der Waals surface area contributed by atoms with Gasteiger partial charge in [-0.25, -0.2) is 0 Å². The largest absolute Gasteiger partial charge is 0.290 e. The summed E-state index contributed by atoms with van der Waals surface area (Å²) in [5.74, 6) is 0. The molecular formula is C36H34N4P3S+3. The van der Waals surface area contributed by atoms with Crippen LogP contribution in [0.25, 0.3) is 0 Å². The lowest BCUT2D eigenvalue weighted by Gasteiger charge is -2.38. The summed E-state index contributed by atoms with van der Waals surface area (Å²) in [7, 11) is -7.52. The van der Waals surface area contributed by atoms with Crippen molar-refractivity contribution in [3.8, 4) is 0 Å². The monoisotopic (exact) mass is 647 g/mol. The van der Waals surface area contributed by atoms with E-state index in [-0.39, 0.29) is 0 Å². The molecule has 8 heteroatoms. The number of hydrogen-bond acceptors (Lipinski definition) is 5. The molecule has 0 atom stereocenters. The molecule has 1 saturated heterocycles. The van der Waals surface area contributed by atoms with Gasteiger partial charge in [0.2, 0.25) is 0 Å². The summed E-state index contributed by atoms with van der Waals surface area (Å²) in [6.45, 7) is 0. The second-order valence-corrected chi connectivity index (χ2v) is 20.9. The third kappa shape index (κ3) is 5.46. The highest BCUT2D eigenvalue weighted by Crippen LogP contribution is 2.71. The predicted octanol–water partition coefficient (Wildman–Crippen LogP) is 6.42. The van der Waals surface area contributed by atoms with E-state index >= 15 is 0 Å². The van der Waals surface area contributed by atoms with E-state index in [0.29, 0.717) is 0 Å². The molecule has 0 unspecified atom stereocenters. The van der Waals surface area contributed by atoms with E-state index in [2.05, 4.69) is 201 Å². The van der Waals surface area contributed by atoms with Crippen LogP contribution in [0.1, 0.15) is 0 Å². The quantitative estimate of drug-likeness (QED) is 0.124. The lowest BCUT2D eigenvalue weighted by atomic mass is 10.4. The van der Waals surface area contributed by atoms with E-state index in [1.54, 1.807) is 12.1 Å². The van der Waals surface area contributed by atoms with Gasteiger partial charge in [-0.3, -0.25) is 0 Å². The Bertz CT molecular complexity index is 1570. The fourth-order valence-electron chi connectivity index (χ4n) is 5.70. The van der Waals surface area contributed by atoms with Gasteiger partial charge in [-0.05, 0) is 82.5 Å². The fraction of sp³-hybridized carbons (Fsp3) is 0. The highest BCUT2D eigenvalue weighted by Gasteiger charge is 2.67. The van der Waals surface area contributed by atoms with E-state index in [1.165, 1.54) is 31.8 Å². The maximum Gasteiger partial charge on any atom is 0.290 e. The fourth-order valence-corrected chi connectivity index (χ4v) is 22.6. The molecule has 0 aromatic heterocycles. The first-order valence-electron chi connectivity index (χ1n) is 14.6. The van der Waals surface area contributed by atoms with Crippen molar-refractivity contribution in [1.29, 1.82) is 0 Å². The number of nitrogens with one attached hydrogen (secondary N) is 4. The van der Waals surface area contributed by atoms with Crippen LogP contribution in [-0.2, 0) is 0 Å². The van der Waals surface area contributed by atoms with Gasteiger partial charge >= 0.3 is 0 Å². The second kappa shape index (κ2) is 13.0. The van der Waals surface area contributed by atoms with Crippen molar-refractivity contribution in [2.24, 2.45) is 0 Å². The summed E-state index contributed by atoms with van der Waals surface area (Å²) >= 11 is 1.60. The molecule has 0 spiro atoms. The van der Waals surface area contributed by atoms with Crippen LogP contribution in [0.3, 0.4) is 0 Å². The Balaban J connectivity index is 1.57. The third-order valence-electron chi connectivity index (χ3n) is 7.83. The lowest BCUT2D eigenvalue weighted by Crippen LogP contribution is -2.54. The molecule has 1 fully saturated rings. The Labute approximate surface area is 266 Å². The molecule has 4 nitrogen and oxygen atoms in total. The zero-order chi connectivity index (χ0) is 29.7. The minimum absolute atomic E-state index is 1.24. The van der Waals surface area contributed by atoms with Gasteiger partial charge in [0.15, 0.2) is 0 Å². The number of rotatable bonds is 6. The minimum Gasteiger partial charge on any atom is -0.0898 e. The van der Waals surface area contributed by atoms with Crippen molar-refractivity contribution in [2.45, 2.75) is 0 Å². The molecule has 1 aliphatic heterocycles. The van der Waals surface area contributed by atoms with Crippen LogP contribution in [-0.4, -0.2) is 0 Å². The first-order valence-corrected chi connectivity index (χ1v) is 20.7. The first-order chi connectivity index (χ1) is 21.8. The summed E-state index contributed by atoms with van der Waals surface area (Å²) < 4.78 is 8.15. The zero-order valence-corrected chi connectivity index (χ0v) is 27.6. The maximum absolute atomic E-state index is 4.51. The van der Waals surface area contributed by atoms with Crippen molar-refractivity contribution in [3.05, 3.63) is 182 Å². The van der Waals surface area contributed by atoms with Crippen molar-refractivity contribution >= 4 is 66.7 Å². The lowest BCUT2D eigenvalue weighted by molar-refractivity contribution is 1.34. The van der Waals surface area contributed by atoms with Gasteiger partial charge in [0.1, 0.15) is 31.8 Å².